The minimum atomic E-state index is -4.41. The van der Waals surface area contributed by atoms with Crippen LogP contribution in [0.1, 0.15) is 46.5 Å². The zero-order valence-electron chi connectivity index (χ0n) is 17.0. The van der Waals surface area contributed by atoms with Crippen LogP contribution in [0, 0.1) is 11.3 Å². The maximum Gasteiger partial charge on any atom is 0.342 e. The lowest BCUT2D eigenvalue weighted by Crippen LogP contribution is -2.54. The molecule has 0 aliphatic heterocycles. The first-order valence-corrected chi connectivity index (χ1v) is 11.0. The summed E-state index contributed by atoms with van der Waals surface area (Å²) in [5, 5.41) is 17.7. The molecule has 0 spiro atoms. The summed E-state index contributed by atoms with van der Waals surface area (Å²) in [5.41, 5.74) is 5.21. The van der Waals surface area contributed by atoms with Crippen LogP contribution in [-0.4, -0.2) is 59.0 Å². The summed E-state index contributed by atoms with van der Waals surface area (Å²) in [5.74, 6) is -2.09. The fourth-order valence-corrected chi connectivity index (χ4v) is 3.50. The van der Waals surface area contributed by atoms with Crippen LogP contribution in [-0.2, 0) is 14.2 Å². The molecule has 0 aliphatic rings. The van der Waals surface area contributed by atoms with Crippen molar-refractivity contribution in [2.75, 3.05) is 13.6 Å². The first-order chi connectivity index (χ1) is 12.9. The number of likely N-dealkylation sites (N-methyl/N-ethyl adjacent to an activating group) is 1. The SMILES string of the molecule is CC[C@H](N[C@@H](CC(C)C)C(=O)N[C@@H](CCCNC(=N)N)C(=O)NC)P(=O)(O)O. The Hall–Kier alpha value is -1.68. The molecule has 164 valence electrons. The predicted molar refractivity (Wildman–Crippen MR) is 108 cm³/mol. The van der Waals surface area contributed by atoms with Crippen molar-refractivity contribution in [3.63, 3.8) is 0 Å². The van der Waals surface area contributed by atoms with Gasteiger partial charge < -0.3 is 31.5 Å². The van der Waals surface area contributed by atoms with E-state index in [4.69, 9.17) is 11.1 Å². The van der Waals surface area contributed by atoms with Crippen molar-refractivity contribution in [1.82, 2.24) is 21.3 Å². The van der Waals surface area contributed by atoms with E-state index in [0.717, 1.165) is 0 Å². The highest BCUT2D eigenvalue weighted by atomic mass is 31.2. The molecule has 0 unspecified atom stereocenters. The molecule has 3 atom stereocenters. The van der Waals surface area contributed by atoms with Crippen molar-refractivity contribution in [2.24, 2.45) is 11.7 Å². The van der Waals surface area contributed by atoms with E-state index in [2.05, 4.69) is 21.3 Å². The number of rotatable bonds is 13. The molecule has 0 aliphatic carbocycles. The second-order valence-electron chi connectivity index (χ2n) is 7.02. The largest absolute Gasteiger partial charge is 0.370 e. The summed E-state index contributed by atoms with van der Waals surface area (Å²) in [6.45, 7) is 5.78. The number of amides is 2. The third-order valence-corrected chi connectivity index (χ3v) is 5.40. The van der Waals surface area contributed by atoms with E-state index in [9.17, 15) is 23.9 Å². The van der Waals surface area contributed by atoms with E-state index >= 15 is 0 Å². The highest BCUT2D eigenvalue weighted by Gasteiger charge is 2.33. The normalized spacial score (nSPS) is 14.8. The van der Waals surface area contributed by atoms with Crippen LogP contribution < -0.4 is 27.0 Å². The Morgan fingerprint density at radius 3 is 2.21 bits per heavy atom. The quantitative estimate of drug-likeness (QED) is 0.0835. The lowest BCUT2D eigenvalue weighted by atomic mass is 10.0. The van der Waals surface area contributed by atoms with Crippen LogP contribution in [0.2, 0.25) is 0 Å². The zero-order chi connectivity index (χ0) is 21.9. The molecule has 0 aromatic heterocycles. The standard InChI is InChI=1S/C16H35N6O5P/c1-5-13(28(25,26)27)21-12(9-10(2)3)15(24)22-11(14(23)19-4)7-6-8-20-16(17)18/h10-13,21H,5-9H2,1-4H3,(H,19,23)(H,22,24)(H4,17,18,20)(H2,25,26,27)/t11-,12-,13+/m0/s1. The number of nitrogens with one attached hydrogen (secondary N) is 5. The van der Waals surface area contributed by atoms with Crippen LogP contribution >= 0.6 is 7.60 Å². The van der Waals surface area contributed by atoms with Crippen LogP contribution in [0.25, 0.3) is 0 Å². The second-order valence-corrected chi connectivity index (χ2v) is 8.82. The maximum atomic E-state index is 12.8. The van der Waals surface area contributed by atoms with E-state index < -0.39 is 31.4 Å². The van der Waals surface area contributed by atoms with Gasteiger partial charge >= 0.3 is 7.60 Å². The van der Waals surface area contributed by atoms with E-state index in [1.165, 1.54) is 7.05 Å². The monoisotopic (exact) mass is 422 g/mol. The number of carbonyl (C=O) groups is 2. The Labute approximate surface area is 166 Å². The molecule has 0 aromatic carbocycles. The molecule has 0 aromatic rings. The summed E-state index contributed by atoms with van der Waals surface area (Å²) >= 11 is 0. The summed E-state index contributed by atoms with van der Waals surface area (Å²) in [6, 6.07) is -1.65. The molecular weight excluding hydrogens is 387 g/mol. The molecule has 0 bridgehead atoms. The molecule has 0 fully saturated rings. The molecular formula is C16H35N6O5P. The molecule has 12 heteroatoms. The number of guanidine groups is 1. The summed E-state index contributed by atoms with van der Waals surface area (Å²) < 4.78 is 11.6. The van der Waals surface area contributed by atoms with Crippen molar-refractivity contribution in [3.05, 3.63) is 0 Å². The molecule has 0 saturated carbocycles. The third kappa shape index (κ3) is 10.6. The van der Waals surface area contributed by atoms with Crippen molar-refractivity contribution in [1.29, 1.82) is 5.41 Å². The first-order valence-electron chi connectivity index (χ1n) is 9.33. The van der Waals surface area contributed by atoms with Gasteiger partial charge in [-0.2, -0.15) is 0 Å². The molecule has 0 heterocycles. The Bertz CT molecular complexity index is 568. The topological polar surface area (TPSA) is 190 Å². The summed E-state index contributed by atoms with van der Waals surface area (Å²) in [4.78, 5) is 43.8. The maximum absolute atomic E-state index is 12.8. The van der Waals surface area contributed by atoms with Gasteiger partial charge in [-0.1, -0.05) is 20.8 Å². The van der Waals surface area contributed by atoms with Crippen molar-refractivity contribution in [2.45, 2.75) is 64.3 Å². The average Bonchev–Trinajstić information content (AvgIpc) is 2.58. The van der Waals surface area contributed by atoms with Gasteiger partial charge in [0.15, 0.2) is 5.96 Å². The summed E-state index contributed by atoms with van der Waals surface area (Å²) in [7, 11) is -2.96. The van der Waals surface area contributed by atoms with Gasteiger partial charge in [-0.3, -0.25) is 24.9 Å². The van der Waals surface area contributed by atoms with Gasteiger partial charge in [0.1, 0.15) is 11.8 Å². The van der Waals surface area contributed by atoms with Gasteiger partial charge in [-0.15, -0.1) is 0 Å². The molecule has 0 rings (SSSR count). The van der Waals surface area contributed by atoms with E-state index in [-0.39, 0.29) is 24.2 Å². The van der Waals surface area contributed by atoms with Gasteiger partial charge in [0.2, 0.25) is 11.8 Å². The molecule has 11 nitrogen and oxygen atoms in total. The van der Waals surface area contributed by atoms with Crippen molar-refractivity contribution < 1.29 is 23.9 Å². The van der Waals surface area contributed by atoms with Gasteiger partial charge in [-0.25, -0.2) is 0 Å². The van der Waals surface area contributed by atoms with Crippen LogP contribution in [0.3, 0.4) is 0 Å². The molecule has 0 radical (unpaired) electrons. The Morgan fingerprint density at radius 2 is 1.79 bits per heavy atom. The van der Waals surface area contributed by atoms with Gasteiger partial charge in [-0.05, 0) is 31.6 Å². The minimum Gasteiger partial charge on any atom is -0.370 e. The fraction of sp³-hybridized carbons (Fsp3) is 0.812. The minimum absolute atomic E-state index is 0.0933. The number of nitrogens with two attached hydrogens (primary N) is 1. The lowest BCUT2D eigenvalue weighted by molar-refractivity contribution is -0.130. The van der Waals surface area contributed by atoms with Gasteiger partial charge in [0.05, 0.1) is 6.04 Å². The molecule has 0 saturated heterocycles. The number of hydrogen-bond donors (Lipinski definition) is 8. The van der Waals surface area contributed by atoms with Crippen LogP contribution in [0.5, 0.6) is 0 Å². The van der Waals surface area contributed by atoms with Crippen LogP contribution in [0.4, 0.5) is 0 Å². The smallest absolute Gasteiger partial charge is 0.342 e. The van der Waals surface area contributed by atoms with E-state index in [0.29, 0.717) is 25.8 Å². The van der Waals surface area contributed by atoms with E-state index in [1.807, 2.05) is 13.8 Å². The highest BCUT2D eigenvalue weighted by molar-refractivity contribution is 7.52. The first kappa shape index (κ1) is 26.3. The fourth-order valence-electron chi connectivity index (χ4n) is 2.65. The Morgan fingerprint density at radius 1 is 1.18 bits per heavy atom. The van der Waals surface area contributed by atoms with Gasteiger partial charge in [0.25, 0.3) is 0 Å². The zero-order valence-corrected chi connectivity index (χ0v) is 17.9. The lowest BCUT2D eigenvalue weighted by Gasteiger charge is -2.28. The predicted octanol–water partition coefficient (Wildman–Crippen LogP) is -0.601. The van der Waals surface area contributed by atoms with Crippen molar-refractivity contribution >= 4 is 25.4 Å². The molecule has 9 N–H and O–H groups in total. The van der Waals surface area contributed by atoms with Crippen LogP contribution in [0.15, 0.2) is 0 Å². The number of hydrogen-bond acceptors (Lipinski definition) is 5. The molecule has 2 amide bonds. The van der Waals surface area contributed by atoms with Gasteiger partial charge in [0, 0.05) is 13.6 Å². The molecule has 28 heavy (non-hydrogen) atoms. The third-order valence-electron chi connectivity index (χ3n) is 4.07. The summed E-state index contributed by atoms with van der Waals surface area (Å²) in [6.07, 6.45) is 1.31. The average molecular weight is 422 g/mol. The Balaban J connectivity index is 5.15. The Kier molecular flexibility index (Phi) is 12.0. The number of carbonyl (C=O) groups excluding carboxylic acids is 2. The van der Waals surface area contributed by atoms with Crippen molar-refractivity contribution in [3.8, 4) is 0 Å². The highest BCUT2D eigenvalue weighted by Crippen LogP contribution is 2.41. The second kappa shape index (κ2) is 12.7. The van der Waals surface area contributed by atoms with E-state index in [1.54, 1.807) is 6.92 Å².